The van der Waals surface area contributed by atoms with Crippen molar-refractivity contribution >= 4 is 17.7 Å². The Morgan fingerprint density at radius 1 is 1.43 bits per heavy atom. The first-order valence-electron chi connectivity index (χ1n) is 7.57. The molecule has 0 saturated carbocycles. The Hall–Kier alpha value is -1.95. The number of ether oxygens (including phenoxy) is 1. The number of imidazole rings is 1. The molecule has 0 spiro atoms. The molecule has 1 amide bonds. The number of nitrogens with one attached hydrogen (secondary N) is 1. The summed E-state index contributed by atoms with van der Waals surface area (Å²) in [4.78, 5) is 16.4. The van der Waals surface area contributed by atoms with Crippen molar-refractivity contribution in [1.82, 2.24) is 14.9 Å². The van der Waals surface area contributed by atoms with Crippen LogP contribution in [0.1, 0.15) is 27.2 Å². The fourth-order valence-corrected chi connectivity index (χ4v) is 2.76. The van der Waals surface area contributed by atoms with Gasteiger partial charge in [0.1, 0.15) is 5.75 Å². The molecule has 0 atom stereocenters. The first-order chi connectivity index (χ1) is 10.9. The fourth-order valence-electron chi connectivity index (χ4n) is 1.99. The molecular formula is C17H23N3O2S. The number of thioether (sulfide) groups is 1. The van der Waals surface area contributed by atoms with E-state index in [-0.39, 0.29) is 11.4 Å². The predicted octanol–water partition coefficient (Wildman–Crippen LogP) is 3.28. The topological polar surface area (TPSA) is 56.2 Å². The van der Waals surface area contributed by atoms with Crippen molar-refractivity contribution in [2.75, 3.05) is 12.9 Å². The molecule has 1 aromatic carbocycles. The number of amides is 1. The zero-order valence-corrected chi connectivity index (χ0v) is 14.8. The number of hydrogen-bond acceptors (Lipinski definition) is 4. The van der Waals surface area contributed by atoms with Crippen molar-refractivity contribution in [2.24, 2.45) is 0 Å². The summed E-state index contributed by atoms with van der Waals surface area (Å²) < 4.78 is 7.20. The maximum absolute atomic E-state index is 12.1. The van der Waals surface area contributed by atoms with Gasteiger partial charge in [-0.25, -0.2) is 4.98 Å². The van der Waals surface area contributed by atoms with E-state index in [1.54, 1.807) is 13.3 Å². The number of benzene rings is 1. The lowest BCUT2D eigenvalue weighted by Gasteiger charge is -2.24. The average Bonchev–Trinajstić information content (AvgIpc) is 3.01. The molecule has 0 bridgehead atoms. The number of nitrogens with zero attached hydrogens (tertiary/aromatic N) is 2. The van der Waals surface area contributed by atoms with Crippen LogP contribution >= 0.6 is 11.8 Å². The van der Waals surface area contributed by atoms with Crippen LogP contribution in [0, 0.1) is 0 Å². The van der Waals surface area contributed by atoms with Gasteiger partial charge in [0.25, 0.3) is 0 Å². The molecular weight excluding hydrogens is 310 g/mol. The summed E-state index contributed by atoms with van der Waals surface area (Å²) in [7, 11) is 1.64. The SMILES string of the molecule is CCC(C)(C)NC(=O)CSc1nccn1-c1cccc(OC)c1. The fraction of sp³-hybridized carbons (Fsp3) is 0.412. The summed E-state index contributed by atoms with van der Waals surface area (Å²) in [5.41, 5.74) is 0.776. The molecule has 0 unspecified atom stereocenters. The van der Waals surface area contributed by atoms with Crippen molar-refractivity contribution in [3.63, 3.8) is 0 Å². The molecule has 0 aliphatic heterocycles. The maximum atomic E-state index is 12.1. The van der Waals surface area contributed by atoms with Crippen LogP contribution in [-0.2, 0) is 4.79 Å². The summed E-state index contributed by atoms with van der Waals surface area (Å²) in [5, 5.41) is 3.81. The highest BCUT2D eigenvalue weighted by atomic mass is 32.2. The van der Waals surface area contributed by atoms with Crippen molar-refractivity contribution in [3.05, 3.63) is 36.7 Å². The van der Waals surface area contributed by atoms with Gasteiger partial charge in [0.15, 0.2) is 5.16 Å². The monoisotopic (exact) mass is 333 g/mol. The van der Waals surface area contributed by atoms with E-state index in [0.29, 0.717) is 5.75 Å². The Morgan fingerprint density at radius 2 is 2.22 bits per heavy atom. The maximum Gasteiger partial charge on any atom is 0.230 e. The van der Waals surface area contributed by atoms with E-state index in [1.807, 2.05) is 48.9 Å². The van der Waals surface area contributed by atoms with E-state index < -0.39 is 0 Å². The smallest absolute Gasteiger partial charge is 0.230 e. The van der Waals surface area contributed by atoms with Gasteiger partial charge < -0.3 is 10.1 Å². The van der Waals surface area contributed by atoms with Crippen molar-refractivity contribution in [3.8, 4) is 11.4 Å². The minimum Gasteiger partial charge on any atom is -0.497 e. The molecule has 23 heavy (non-hydrogen) atoms. The standard InChI is InChI=1S/C17H23N3O2S/c1-5-17(2,3)19-15(21)12-23-16-18-9-10-20(16)13-7-6-8-14(11-13)22-4/h6-11H,5,12H2,1-4H3,(H,19,21). The van der Waals surface area contributed by atoms with E-state index in [9.17, 15) is 4.79 Å². The molecule has 2 rings (SSSR count). The summed E-state index contributed by atoms with van der Waals surface area (Å²) in [5.74, 6) is 1.14. The third kappa shape index (κ3) is 4.76. The van der Waals surface area contributed by atoms with E-state index >= 15 is 0 Å². The van der Waals surface area contributed by atoms with E-state index in [1.165, 1.54) is 11.8 Å². The third-order valence-electron chi connectivity index (χ3n) is 3.63. The Bertz CT molecular complexity index is 667. The first-order valence-corrected chi connectivity index (χ1v) is 8.55. The van der Waals surface area contributed by atoms with Crippen LogP contribution in [0.2, 0.25) is 0 Å². The molecule has 1 heterocycles. The molecule has 0 aliphatic carbocycles. The van der Waals surface area contributed by atoms with Crippen LogP contribution < -0.4 is 10.1 Å². The number of carbonyl (C=O) groups is 1. The molecule has 6 heteroatoms. The van der Waals surface area contributed by atoms with Crippen LogP contribution in [-0.4, -0.2) is 33.9 Å². The van der Waals surface area contributed by atoms with Gasteiger partial charge in [-0.2, -0.15) is 0 Å². The molecule has 2 aromatic rings. The van der Waals surface area contributed by atoms with Crippen LogP contribution in [0.15, 0.2) is 41.8 Å². The van der Waals surface area contributed by atoms with Crippen LogP contribution in [0.3, 0.4) is 0 Å². The second kappa shape index (κ2) is 7.55. The normalized spacial score (nSPS) is 11.3. The molecule has 1 aromatic heterocycles. The molecule has 0 radical (unpaired) electrons. The number of carbonyl (C=O) groups excluding carboxylic acids is 1. The predicted molar refractivity (Wildman–Crippen MR) is 93.4 cm³/mol. The van der Waals surface area contributed by atoms with E-state index in [4.69, 9.17) is 4.74 Å². The Kier molecular flexibility index (Phi) is 5.71. The molecule has 5 nitrogen and oxygen atoms in total. The number of aromatic nitrogens is 2. The molecule has 0 fully saturated rings. The van der Waals surface area contributed by atoms with E-state index in [0.717, 1.165) is 23.0 Å². The highest BCUT2D eigenvalue weighted by Gasteiger charge is 2.18. The van der Waals surface area contributed by atoms with Crippen molar-refractivity contribution in [2.45, 2.75) is 37.9 Å². The summed E-state index contributed by atoms with van der Waals surface area (Å²) in [6.07, 6.45) is 4.50. The number of methoxy groups -OCH3 is 1. The average molecular weight is 333 g/mol. The van der Waals surface area contributed by atoms with Gasteiger partial charge in [-0.1, -0.05) is 24.8 Å². The van der Waals surface area contributed by atoms with Crippen molar-refractivity contribution < 1.29 is 9.53 Å². The minimum absolute atomic E-state index is 0.0158. The largest absolute Gasteiger partial charge is 0.497 e. The van der Waals surface area contributed by atoms with Crippen LogP contribution in [0.25, 0.3) is 5.69 Å². The second-order valence-corrected chi connectivity index (χ2v) is 6.80. The molecule has 0 saturated heterocycles. The third-order valence-corrected chi connectivity index (χ3v) is 4.60. The van der Waals surface area contributed by atoms with Gasteiger partial charge in [-0.15, -0.1) is 0 Å². The highest BCUT2D eigenvalue weighted by molar-refractivity contribution is 7.99. The highest BCUT2D eigenvalue weighted by Crippen LogP contribution is 2.23. The van der Waals surface area contributed by atoms with Gasteiger partial charge >= 0.3 is 0 Å². The number of rotatable bonds is 7. The lowest BCUT2D eigenvalue weighted by molar-refractivity contribution is -0.120. The number of hydrogen-bond donors (Lipinski definition) is 1. The lowest BCUT2D eigenvalue weighted by atomic mass is 10.0. The zero-order valence-electron chi connectivity index (χ0n) is 14.0. The Balaban J connectivity index is 2.05. The van der Waals surface area contributed by atoms with Crippen LogP contribution in [0.5, 0.6) is 5.75 Å². The van der Waals surface area contributed by atoms with Crippen molar-refractivity contribution in [1.29, 1.82) is 0 Å². The van der Waals surface area contributed by atoms with Gasteiger partial charge in [0, 0.05) is 24.0 Å². The van der Waals surface area contributed by atoms with E-state index in [2.05, 4.69) is 17.2 Å². The Morgan fingerprint density at radius 3 is 2.91 bits per heavy atom. The van der Waals surface area contributed by atoms with Gasteiger partial charge in [0.05, 0.1) is 18.6 Å². The van der Waals surface area contributed by atoms with Gasteiger partial charge in [0.2, 0.25) is 5.91 Å². The first kappa shape index (κ1) is 17.4. The van der Waals surface area contributed by atoms with Gasteiger partial charge in [-0.05, 0) is 32.4 Å². The summed E-state index contributed by atoms with van der Waals surface area (Å²) in [6, 6.07) is 7.74. The molecule has 1 N–H and O–H groups in total. The molecule has 124 valence electrons. The summed E-state index contributed by atoms with van der Waals surface area (Å²) in [6.45, 7) is 6.10. The summed E-state index contributed by atoms with van der Waals surface area (Å²) >= 11 is 1.42. The Labute approximate surface area is 141 Å². The molecule has 0 aliphatic rings. The minimum atomic E-state index is -0.181. The lowest BCUT2D eigenvalue weighted by Crippen LogP contribution is -2.43. The quantitative estimate of drug-likeness (QED) is 0.790. The van der Waals surface area contributed by atoms with Gasteiger partial charge in [-0.3, -0.25) is 9.36 Å². The van der Waals surface area contributed by atoms with Crippen LogP contribution in [0.4, 0.5) is 0 Å². The second-order valence-electron chi connectivity index (χ2n) is 5.86. The zero-order chi connectivity index (χ0) is 16.9.